The molecule has 1 aliphatic rings. The van der Waals surface area contributed by atoms with Gasteiger partial charge in [-0.2, -0.15) is 0 Å². The predicted octanol–water partition coefficient (Wildman–Crippen LogP) is 1.38. The van der Waals surface area contributed by atoms with Crippen molar-refractivity contribution in [2.75, 3.05) is 32.9 Å². The molecule has 5 heteroatoms. The Morgan fingerprint density at radius 3 is 2.73 bits per heavy atom. The van der Waals surface area contributed by atoms with Crippen LogP contribution in [0.1, 0.15) is 25.3 Å². The highest BCUT2D eigenvalue weighted by atomic mass is 16.5. The second kappa shape index (κ2) is 8.27. The van der Waals surface area contributed by atoms with E-state index in [1.54, 1.807) is 6.92 Å². The fraction of sp³-hybridized carbons (Fsp3) is 0.588. The van der Waals surface area contributed by atoms with E-state index < -0.39 is 6.10 Å². The Hall–Kier alpha value is -1.43. The van der Waals surface area contributed by atoms with Crippen LogP contribution in [-0.2, 0) is 14.3 Å². The number of amides is 1. The molecule has 0 spiro atoms. The van der Waals surface area contributed by atoms with Gasteiger partial charge in [0.25, 0.3) is 5.91 Å². The number of ether oxygens (including phenoxy) is 2. The number of hydrogen-bond donors (Lipinski definition) is 1. The highest BCUT2D eigenvalue weighted by Gasteiger charge is 2.35. The molecule has 1 heterocycles. The first-order valence-electron chi connectivity index (χ1n) is 7.92. The van der Waals surface area contributed by atoms with Crippen molar-refractivity contribution in [1.29, 1.82) is 0 Å². The molecule has 1 saturated heterocycles. The zero-order valence-electron chi connectivity index (χ0n) is 13.4. The van der Waals surface area contributed by atoms with Gasteiger partial charge in [-0.1, -0.05) is 30.3 Å². The Labute approximate surface area is 132 Å². The lowest BCUT2D eigenvalue weighted by Crippen LogP contribution is -2.39. The van der Waals surface area contributed by atoms with E-state index in [9.17, 15) is 4.79 Å². The summed E-state index contributed by atoms with van der Waals surface area (Å²) in [6.07, 6.45) is -0.456. The highest BCUT2D eigenvalue weighted by molar-refractivity contribution is 5.81. The number of rotatable bonds is 7. The number of likely N-dealkylation sites (tertiary alicyclic amines) is 1. The molecule has 1 aromatic carbocycles. The zero-order chi connectivity index (χ0) is 15.9. The summed E-state index contributed by atoms with van der Waals surface area (Å²) in [5.41, 5.74) is 7.41. The van der Waals surface area contributed by atoms with Crippen molar-refractivity contribution >= 4 is 5.91 Å². The quantitative estimate of drug-likeness (QED) is 0.773. The first kappa shape index (κ1) is 16.9. The lowest BCUT2D eigenvalue weighted by molar-refractivity contribution is -0.142. The molecule has 0 radical (unpaired) electrons. The van der Waals surface area contributed by atoms with E-state index in [-0.39, 0.29) is 17.9 Å². The normalized spacial score (nSPS) is 22.8. The summed E-state index contributed by atoms with van der Waals surface area (Å²) in [6.45, 7) is 6.56. The Morgan fingerprint density at radius 1 is 1.32 bits per heavy atom. The Balaban J connectivity index is 1.87. The van der Waals surface area contributed by atoms with Gasteiger partial charge in [0, 0.05) is 31.7 Å². The van der Waals surface area contributed by atoms with Crippen LogP contribution in [0.15, 0.2) is 30.3 Å². The lowest BCUT2D eigenvalue weighted by Gasteiger charge is -2.21. The summed E-state index contributed by atoms with van der Waals surface area (Å²) >= 11 is 0. The SMILES string of the molecule is CCOCCOC(C)C(=O)N1C[C@@H](N)[C@H](c2ccccc2)C1. The van der Waals surface area contributed by atoms with Gasteiger partial charge < -0.3 is 20.1 Å². The van der Waals surface area contributed by atoms with Crippen LogP contribution in [0.4, 0.5) is 0 Å². The second-order valence-corrected chi connectivity index (χ2v) is 5.63. The highest BCUT2D eigenvalue weighted by Crippen LogP contribution is 2.26. The van der Waals surface area contributed by atoms with Crippen molar-refractivity contribution in [2.45, 2.75) is 31.9 Å². The van der Waals surface area contributed by atoms with E-state index >= 15 is 0 Å². The van der Waals surface area contributed by atoms with Crippen LogP contribution in [0.3, 0.4) is 0 Å². The molecule has 0 bridgehead atoms. The molecule has 2 N–H and O–H groups in total. The molecule has 0 saturated carbocycles. The molecular weight excluding hydrogens is 280 g/mol. The van der Waals surface area contributed by atoms with Gasteiger partial charge in [-0.15, -0.1) is 0 Å². The van der Waals surface area contributed by atoms with Crippen LogP contribution < -0.4 is 5.73 Å². The van der Waals surface area contributed by atoms with E-state index in [4.69, 9.17) is 15.2 Å². The molecule has 0 aliphatic carbocycles. The van der Waals surface area contributed by atoms with Crippen molar-refractivity contribution in [1.82, 2.24) is 4.90 Å². The van der Waals surface area contributed by atoms with Gasteiger partial charge in [-0.25, -0.2) is 0 Å². The average molecular weight is 306 g/mol. The van der Waals surface area contributed by atoms with Crippen molar-refractivity contribution in [3.05, 3.63) is 35.9 Å². The first-order valence-corrected chi connectivity index (χ1v) is 7.92. The van der Waals surface area contributed by atoms with E-state index in [2.05, 4.69) is 12.1 Å². The number of benzene rings is 1. The molecule has 122 valence electrons. The van der Waals surface area contributed by atoms with Gasteiger partial charge in [0.15, 0.2) is 0 Å². The summed E-state index contributed by atoms with van der Waals surface area (Å²) in [5.74, 6) is 0.200. The minimum atomic E-state index is -0.456. The maximum absolute atomic E-state index is 12.4. The fourth-order valence-corrected chi connectivity index (χ4v) is 2.82. The van der Waals surface area contributed by atoms with Gasteiger partial charge in [0.05, 0.1) is 13.2 Å². The monoisotopic (exact) mass is 306 g/mol. The van der Waals surface area contributed by atoms with E-state index in [0.717, 1.165) is 0 Å². The molecule has 2 rings (SSSR count). The van der Waals surface area contributed by atoms with E-state index in [1.165, 1.54) is 5.56 Å². The van der Waals surface area contributed by atoms with Crippen molar-refractivity contribution in [3.8, 4) is 0 Å². The van der Waals surface area contributed by atoms with Gasteiger partial charge in [0.2, 0.25) is 0 Å². The molecule has 1 unspecified atom stereocenters. The van der Waals surface area contributed by atoms with Crippen LogP contribution in [-0.4, -0.2) is 55.9 Å². The van der Waals surface area contributed by atoms with Crippen LogP contribution in [0.2, 0.25) is 0 Å². The Bertz CT molecular complexity index is 466. The minimum absolute atomic E-state index is 0.00498. The van der Waals surface area contributed by atoms with Gasteiger partial charge >= 0.3 is 0 Å². The molecule has 1 aliphatic heterocycles. The third-order valence-corrected chi connectivity index (χ3v) is 4.05. The molecule has 1 amide bonds. The maximum Gasteiger partial charge on any atom is 0.251 e. The first-order chi connectivity index (χ1) is 10.6. The molecular formula is C17H26N2O3. The smallest absolute Gasteiger partial charge is 0.251 e. The second-order valence-electron chi connectivity index (χ2n) is 5.63. The Kier molecular flexibility index (Phi) is 6.36. The van der Waals surface area contributed by atoms with Crippen molar-refractivity contribution < 1.29 is 14.3 Å². The molecule has 22 heavy (non-hydrogen) atoms. The average Bonchev–Trinajstić information content (AvgIpc) is 2.93. The van der Waals surface area contributed by atoms with Crippen molar-refractivity contribution in [2.24, 2.45) is 5.73 Å². The van der Waals surface area contributed by atoms with Crippen LogP contribution in [0, 0.1) is 0 Å². The molecule has 0 aromatic heterocycles. The lowest BCUT2D eigenvalue weighted by atomic mass is 9.95. The van der Waals surface area contributed by atoms with Gasteiger partial charge in [0.1, 0.15) is 6.10 Å². The summed E-state index contributed by atoms with van der Waals surface area (Å²) in [4.78, 5) is 14.2. The number of hydrogen-bond acceptors (Lipinski definition) is 4. The van der Waals surface area contributed by atoms with Crippen molar-refractivity contribution in [3.63, 3.8) is 0 Å². The zero-order valence-corrected chi connectivity index (χ0v) is 13.4. The Morgan fingerprint density at radius 2 is 2.05 bits per heavy atom. The molecule has 1 fully saturated rings. The van der Waals surface area contributed by atoms with Gasteiger partial charge in [-0.3, -0.25) is 4.79 Å². The van der Waals surface area contributed by atoms with E-state index in [1.807, 2.05) is 30.0 Å². The fourth-order valence-electron chi connectivity index (χ4n) is 2.82. The summed E-state index contributed by atoms with van der Waals surface area (Å²) in [7, 11) is 0. The van der Waals surface area contributed by atoms with Crippen LogP contribution in [0.5, 0.6) is 0 Å². The summed E-state index contributed by atoms with van der Waals surface area (Å²) in [6, 6.07) is 10.1. The number of nitrogens with two attached hydrogens (primary N) is 1. The number of carbonyl (C=O) groups excluding carboxylic acids is 1. The third kappa shape index (κ3) is 4.29. The topological polar surface area (TPSA) is 64.8 Å². The van der Waals surface area contributed by atoms with Crippen LogP contribution in [0.25, 0.3) is 0 Å². The summed E-state index contributed by atoms with van der Waals surface area (Å²) in [5, 5.41) is 0. The number of carbonyl (C=O) groups is 1. The largest absolute Gasteiger partial charge is 0.379 e. The predicted molar refractivity (Wildman–Crippen MR) is 85.6 cm³/mol. The van der Waals surface area contributed by atoms with Gasteiger partial charge in [-0.05, 0) is 19.4 Å². The van der Waals surface area contributed by atoms with E-state index in [0.29, 0.717) is 32.9 Å². The molecule has 3 atom stereocenters. The maximum atomic E-state index is 12.4. The molecule has 1 aromatic rings. The minimum Gasteiger partial charge on any atom is -0.379 e. The van der Waals surface area contributed by atoms with Crippen LogP contribution >= 0.6 is 0 Å². The third-order valence-electron chi connectivity index (χ3n) is 4.05. The standard InChI is InChI=1S/C17H26N2O3/c1-3-21-9-10-22-13(2)17(20)19-11-15(16(18)12-19)14-7-5-4-6-8-14/h4-8,13,15-16H,3,9-12,18H2,1-2H3/t13?,15-,16+/m0/s1. The number of nitrogens with zero attached hydrogens (tertiary/aromatic N) is 1. The molecule has 5 nitrogen and oxygen atoms in total. The summed E-state index contributed by atoms with van der Waals surface area (Å²) < 4.78 is 10.7.